The third-order valence-electron chi connectivity index (χ3n) is 3.63. The van der Waals surface area contributed by atoms with Gasteiger partial charge in [0.05, 0.1) is 0 Å². The molecule has 0 spiro atoms. The number of hydrogen-bond donors (Lipinski definition) is 1. The molecule has 0 saturated carbocycles. The van der Waals surface area contributed by atoms with Crippen LogP contribution in [0.1, 0.15) is 9.75 Å². The van der Waals surface area contributed by atoms with Gasteiger partial charge in [-0.2, -0.15) is 0 Å². The molecule has 0 bridgehead atoms. The normalized spacial score (nSPS) is 18.3. The summed E-state index contributed by atoms with van der Waals surface area (Å²) in [7, 11) is 4.28. The molecule has 0 atom stereocenters. The molecular weight excluding hydrogens is 256 g/mol. The molecule has 108 valence electrons. The van der Waals surface area contributed by atoms with Crippen LogP contribution < -0.4 is 5.73 Å². The van der Waals surface area contributed by atoms with Crippen LogP contribution in [0, 0.1) is 0 Å². The van der Waals surface area contributed by atoms with Gasteiger partial charge in [0, 0.05) is 62.1 Å². The van der Waals surface area contributed by atoms with Crippen molar-refractivity contribution in [3.63, 3.8) is 0 Å². The predicted octanol–water partition coefficient (Wildman–Crippen LogP) is 0.886. The predicted molar refractivity (Wildman–Crippen MR) is 82.5 cm³/mol. The van der Waals surface area contributed by atoms with Crippen molar-refractivity contribution in [1.29, 1.82) is 0 Å². The van der Waals surface area contributed by atoms with E-state index in [1.54, 1.807) is 0 Å². The Hall–Kier alpha value is -0.460. The van der Waals surface area contributed by atoms with E-state index in [0.29, 0.717) is 6.54 Å². The lowest BCUT2D eigenvalue weighted by Gasteiger charge is -2.34. The molecular formula is C14H26N4S. The monoisotopic (exact) mass is 282 g/mol. The van der Waals surface area contributed by atoms with Gasteiger partial charge in [-0.15, -0.1) is 11.3 Å². The Labute approximate surface area is 120 Å². The van der Waals surface area contributed by atoms with Crippen LogP contribution in [-0.4, -0.2) is 68.1 Å². The number of rotatable bonds is 6. The number of hydrogen-bond acceptors (Lipinski definition) is 5. The molecule has 2 heterocycles. The molecule has 1 fully saturated rings. The zero-order valence-electron chi connectivity index (χ0n) is 12.1. The van der Waals surface area contributed by atoms with Crippen molar-refractivity contribution < 1.29 is 0 Å². The van der Waals surface area contributed by atoms with Gasteiger partial charge in [-0.25, -0.2) is 0 Å². The van der Waals surface area contributed by atoms with E-state index in [0.717, 1.165) is 13.1 Å². The summed E-state index contributed by atoms with van der Waals surface area (Å²) >= 11 is 1.85. The summed E-state index contributed by atoms with van der Waals surface area (Å²) in [5, 5.41) is 0. The second-order valence-corrected chi connectivity index (χ2v) is 6.75. The van der Waals surface area contributed by atoms with E-state index in [1.807, 2.05) is 11.3 Å². The lowest BCUT2D eigenvalue weighted by molar-refractivity contribution is 0.121. The van der Waals surface area contributed by atoms with Crippen LogP contribution in [0.15, 0.2) is 12.1 Å². The molecule has 0 unspecified atom stereocenters. The summed E-state index contributed by atoms with van der Waals surface area (Å²) in [5.74, 6) is 0. The topological polar surface area (TPSA) is 35.7 Å². The third-order valence-corrected chi connectivity index (χ3v) is 4.72. The Morgan fingerprint density at radius 3 is 2.32 bits per heavy atom. The summed E-state index contributed by atoms with van der Waals surface area (Å²) < 4.78 is 0. The molecule has 0 aromatic carbocycles. The quantitative estimate of drug-likeness (QED) is 0.840. The molecule has 19 heavy (non-hydrogen) atoms. The van der Waals surface area contributed by atoms with Gasteiger partial charge in [-0.1, -0.05) is 0 Å². The van der Waals surface area contributed by atoms with Crippen molar-refractivity contribution >= 4 is 11.3 Å². The number of likely N-dealkylation sites (N-methyl/N-ethyl adjacent to an activating group) is 1. The van der Waals surface area contributed by atoms with Crippen LogP contribution >= 0.6 is 11.3 Å². The van der Waals surface area contributed by atoms with E-state index in [9.17, 15) is 0 Å². The van der Waals surface area contributed by atoms with E-state index in [4.69, 9.17) is 5.73 Å². The molecule has 1 aliphatic rings. The highest BCUT2D eigenvalue weighted by atomic mass is 32.1. The van der Waals surface area contributed by atoms with Gasteiger partial charge in [0.2, 0.25) is 0 Å². The van der Waals surface area contributed by atoms with Crippen molar-refractivity contribution in [2.24, 2.45) is 5.73 Å². The van der Waals surface area contributed by atoms with Crippen molar-refractivity contribution in [3.8, 4) is 0 Å². The standard InChI is InChI=1S/C14H26N4S/c1-16(2)5-6-17-7-9-18(10-8-17)12-14-4-3-13(11-15)19-14/h3-4H,5-12,15H2,1-2H3. The minimum atomic E-state index is 0.670. The Kier molecular flexibility index (Phi) is 5.78. The second-order valence-electron chi connectivity index (χ2n) is 5.49. The molecule has 4 nitrogen and oxygen atoms in total. The number of nitrogens with zero attached hydrogens (tertiary/aromatic N) is 3. The molecule has 1 saturated heterocycles. The maximum atomic E-state index is 5.66. The van der Waals surface area contributed by atoms with Crippen LogP contribution in [0.25, 0.3) is 0 Å². The van der Waals surface area contributed by atoms with Gasteiger partial charge < -0.3 is 10.6 Å². The molecule has 1 aromatic rings. The van der Waals surface area contributed by atoms with Crippen LogP contribution in [0.4, 0.5) is 0 Å². The Morgan fingerprint density at radius 2 is 1.74 bits per heavy atom. The van der Waals surface area contributed by atoms with Gasteiger partial charge in [0.15, 0.2) is 0 Å². The van der Waals surface area contributed by atoms with Crippen LogP contribution in [0.3, 0.4) is 0 Å². The smallest absolute Gasteiger partial charge is 0.0329 e. The van der Waals surface area contributed by atoms with Crippen LogP contribution in [0.2, 0.25) is 0 Å². The van der Waals surface area contributed by atoms with Gasteiger partial charge in [-0.05, 0) is 26.2 Å². The van der Waals surface area contributed by atoms with E-state index in [-0.39, 0.29) is 0 Å². The SMILES string of the molecule is CN(C)CCN1CCN(Cc2ccc(CN)s2)CC1. The first kappa shape index (κ1) is 14.9. The van der Waals surface area contributed by atoms with Gasteiger partial charge >= 0.3 is 0 Å². The minimum absolute atomic E-state index is 0.670. The van der Waals surface area contributed by atoms with Crippen molar-refractivity contribution in [1.82, 2.24) is 14.7 Å². The van der Waals surface area contributed by atoms with Gasteiger partial charge in [0.1, 0.15) is 0 Å². The van der Waals surface area contributed by atoms with E-state index >= 15 is 0 Å². The lowest BCUT2D eigenvalue weighted by Crippen LogP contribution is -2.47. The zero-order chi connectivity index (χ0) is 13.7. The fraction of sp³-hybridized carbons (Fsp3) is 0.714. The van der Waals surface area contributed by atoms with Crippen LogP contribution in [-0.2, 0) is 13.1 Å². The molecule has 0 radical (unpaired) electrons. The Balaban J connectivity index is 1.71. The summed E-state index contributed by atoms with van der Waals surface area (Å²) in [6, 6.07) is 4.39. The van der Waals surface area contributed by atoms with E-state index < -0.39 is 0 Å². The maximum absolute atomic E-state index is 5.66. The second kappa shape index (κ2) is 7.36. The van der Waals surface area contributed by atoms with E-state index in [1.165, 1.54) is 42.5 Å². The highest BCUT2D eigenvalue weighted by molar-refractivity contribution is 7.11. The van der Waals surface area contributed by atoms with Crippen molar-refractivity contribution in [2.45, 2.75) is 13.1 Å². The molecule has 2 N–H and O–H groups in total. The average molecular weight is 282 g/mol. The first-order valence-corrected chi connectivity index (χ1v) is 7.86. The minimum Gasteiger partial charge on any atom is -0.326 e. The van der Waals surface area contributed by atoms with Crippen LogP contribution in [0.5, 0.6) is 0 Å². The fourth-order valence-corrected chi connectivity index (χ4v) is 3.29. The van der Waals surface area contributed by atoms with Gasteiger partial charge in [-0.3, -0.25) is 9.80 Å². The number of nitrogens with two attached hydrogens (primary N) is 1. The average Bonchev–Trinajstić information content (AvgIpc) is 2.85. The highest BCUT2D eigenvalue weighted by Gasteiger charge is 2.17. The first-order valence-electron chi connectivity index (χ1n) is 7.04. The summed E-state index contributed by atoms with van der Waals surface area (Å²) in [6.45, 7) is 8.87. The zero-order valence-corrected chi connectivity index (χ0v) is 13.0. The lowest BCUT2D eigenvalue weighted by atomic mass is 10.3. The highest BCUT2D eigenvalue weighted by Crippen LogP contribution is 2.18. The Bertz CT molecular complexity index is 369. The fourth-order valence-electron chi connectivity index (χ4n) is 2.35. The van der Waals surface area contributed by atoms with Crippen molar-refractivity contribution in [3.05, 3.63) is 21.9 Å². The maximum Gasteiger partial charge on any atom is 0.0329 e. The number of thiophene rings is 1. The molecule has 1 aromatic heterocycles. The summed E-state index contributed by atoms with van der Waals surface area (Å²) in [4.78, 5) is 10.1. The van der Waals surface area contributed by atoms with Crippen molar-refractivity contribution in [2.75, 3.05) is 53.4 Å². The molecule has 0 amide bonds. The first-order chi connectivity index (χ1) is 9.17. The molecule has 2 rings (SSSR count). The molecule has 1 aliphatic heterocycles. The Morgan fingerprint density at radius 1 is 1.11 bits per heavy atom. The van der Waals surface area contributed by atoms with E-state index in [2.05, 4.69) is 40.9 Å². The molecule has 0 aliphatic carbocycles. The summed E-state index contributed by atoms with van der Waals surface area (Å²) in [5.41, 5.74) is 5.66. The summed E-state index contributed by atoms with van der Waals surface area (Å²) in [6.07, 6.45) is 0. The van der Waals surface area contributed by atoms with Gasteiger partial charge in [0.25, 0.3) is 0 Å². The third kappa shape index (κ3) is 4.85. The largest absolute Gasteiger partial charge is 0.326 e. The number of piperazine rings is 1. The molecule has 5 heteroatoms.